The second-order valence-electron chi connectivity index (χ2n) is 8.01. The van der Waals surface area contributed by atoms with E-state index < -0.39 is 16.0 Å². The molecule has 0 atom stereocenters. The van der Waals surface area contributed by atoms with Crippen molar-refractivity contribution in [3.05, 3.63) is 53.9 Å². The maximum absolute atomic E-state index is 13.4. The number of carboxylic acids is 1. The Balaban J connectivity index is 1.71. The molecule has 2 aromatic carbocycles. The number of aryl methyl sites for hydroxylation is 1. The summed E-state index contributed by atoms with van der Waals surface area (Å²) in [4.78, 5) is 10.7. The first-order valence-corrected chi connectivity index (χ1v) is 12.5. The van der Waals surface area contributed by atoms with Crippen molar-refractivity contribution in [1.82, 2.24) is 14.8 Å². The van der Waals surface area contributed by atoms with Gasteiger partial charge in [0.2, 0.25) is 0 Å². The van der Waals surface area contributed by atoms with Crippen molar-refractivity contribution >= 4 is 27.8 Å². The highest BCUT2D eigenvalue weighted by Gasteiger charge is 2.24. The zero-order valence-electron chi connectivity index (χ0n) is 19.4. The summed E-state index contributed by atoms with van der Waals surface area (Å²) in [5.41, 5.74) is 1.40. The third-order valence-corrected chi connectivity index (χ3v) is 7.04. The maximum atomic E-state index is 13.4. The van der Waals surface area contributed by atoms with Gasteiger partial charge in [0.05, 0.1) is 14.2 Å². The first-order chi connectivity index (χ1) is 16.8. The summed E-state index contributed by atoms with van der Waals surface area (Å²) >= 11 is 0. The molecule has 1 aromatic heterocycles. The molecule has 0 aliphatic carbocycles. The molecular formula is C24H26N4O6S. The first kappa shape index (κ1) is 24.3. The van der Waals surface area contributed by atoms with E-state index in [1.807, 2.05) is 6.07 Å². The molecule has 4 rings (SSSR count). The lowest BCUT2D eigenvalue weighted by Crippen LogP contribution is -2.15. The number of aromatic nitrogens is 3. The molecule has 0 bridgehead atoms. The van der Waals surface area contributed by atoms with Crippen LogP contribution in [0, 0.1) is 0 Å². The number of nitrogens with zero attached hydrogens (tertiary/aromatic N) is 3. The van der Waals surface area contributed by atoms with E-state index in [4.69, 9.17) is 14.6 Å². The average Bonchev–Trinajstić information content (AvgIpc) is 3.10. The largest absolute Gasteiger partial charge is 0.493 e. The Hall–Kier alpha value is -3.86. The van der Waals surface area contributed by atoms with Gasteiger partial charge in [0.25, 0.3) is 10.0 Å². The smallest absolute Gasteiger partial charge is 0.328 e. The normalized spacial score (nSPS) is 13.8. The Bertz CT molecular complexity index is 1380. The minimum absolute atomic E-state index is 0.00593. The molecule has 11 heteroatoms. The van der Waals surface area contributed by atoms with Crippen LogP contribution in [0.5, 0.6) is 11.5 Å². The maximum Gasteiger partial charge on any atom is 0.328 e. The van der Waals surface area contributed by atoms with Crippen molar-refractivity contribution in [1.29, 1.82) is 0 Å². The number of rotatable bonds is 8. The van der Waals surface area contributed by atoms with Gasteiger partial charge < -0.3 is 19.1 Å². The predicted molar refractivity (Wildman–Crippen MR) is 130 cm³/mol. The summed E-state index contributed by atoms with van der Waals surface area (Å²) in [6.45, 7) is 0.821. The topological polar surface area (TPSA) is 133 Å². The highest BCUT2D eigenvalue weighted by molar-refractivity contribution is 7.92. The van der Waals surface area contributed by atoms with Crippen LogP contribution in [0.1, 0.15) is 30.7 Å². The zero-order chi connectivity index (χ0) is 25.0. The van der Waals surface area contributed by atoms with Gasteiger partial charge in [0.15, 0.2) is 17.3 Å². The summed E-state index contributed by atoms with van der Waals surface area (Å²) < 4.78 is 42.1. The second-order valence-corrected chi connectivity index (χ2v) is 9.67. The van der Waals surface area contributed by atoms with Crippen LogP contribution in [-0.2, 0) is 27.8 Å². The molecular weight excluding hydrogens is 472 g/mol. The Morgan fingerprint density at radius 1 is 1.11 bits per heavy atom. The second kappa shape index (κ2) is 10.2. The number of methoxy groups -OCH3 is 2. The quantitative estimate of drug-likeness (QED) is 0.450. The van der Waals surface area contributed by atoms with E-state index in [2.05, 4.69) is 19.5 Å². The Morgan fingerprint density at radius 3 is 2.69 bits per heavy atom. The average molecular weight is 499 g/mol. The summed E-state index contributed by atoms with van der Waals surface area (Å²) in [6, 6.07) is 9.77. The molecule has 184 valence electrons. The lowest BCUT2D eigenvalue weighted by atomic mass is 10.2. The lowest BCUT2D eigenvalue weighted by molar-refractivity contribution is -0.131. The minimum atomic E-state index is -4.14. The van der Waals surface area contributed by atoms with E-state index in [-0.39, 0.29) is 16.4 Å². The fourth-order valence-electron chi connectivity index (χ4n) is 4.04. The number of hydrogen-bond acceptors (Lipinski definition) is 7. The Kier molecular flexibility index (Phi) is 7.06. The molecule has 0 saturated heterocycles. The van der Waals surface area contributed by atoms with E-state index in [0.717, 1.165) is 49.7 Å². The summed E-state index contributed by atoms with van der Waals surface area (Å²) in [7, 11) is -1.43. The lowest BCUT2D eigenvalue weighted by Gasteiger charge is -2.16. The number of aliphatic carboxylic acids is 1. The van der Waals surface area contributed by atoms with Gasteiger partial charge >= 0.3 is 5.97 Å². The van der Waals surface area contributed by atoms with E-state index >= 15 is 0 Å². The first-order valence-electron chi connectivity index (χ1n) is 11.0. The highest BCUT2D eigenvalue weighted by atomic mass is 32.2. The van der Waals surface area contributed by atoms with Gasteiger partial charge in [-0.3, -0.25) is 4.72 Å². The van der Waals surface area contributed by atoms with E-state index in [0.29, 0.717) is 17.1 Å². The van der Waals surface area contributed by atoms with Crippen LogP contribution in [0.15, 0.2) is 47.4 Å². The van der Waals surface area contributed by atoms with Gasteiger partial charge in [-0.25, -0.2) is 13.2 Å². The summed E-state index contributed by atoms with van der Waals surface area (Å²) in [5.74, 6) is 0.631. The third kappa shape index (κ3) is 5.29. The fourth-order valence-corrected chi connectivity index (χ4v) is 5.31. The van der Waals surface area contributed by atoms with Crippen LogP contribution in [-0.4, -0.2) is 48.5 Å². The van der Waals surface area contributed by atoms with Crippen LogP contribution in [0.25, 0.3) is 17.5 Å². The number of fused-ring (bicyclic) bond motifs is 1. The minimum Gasteiger partial charge on any atom is -0.493 e. The van der Waals surface area contributed by atoms with E-state index in [1.165, 1.54) is 32.4 Å². The van der Waals surface area contributed by atoms with Crippen LogP contribution < -0.4 is 14.2 Å². The molecule has 10 nitrogen and oxygen atoms in total. The molecule has 0 saturated carbocycles. The van der Waals surface area contributed by atoms with Crippen molar-refractivity contribution in [2.24, 2.45) is 0 Å². The number of nitrogens with one attached hydrogen (secondary N) is 1. The number of benzene rings is 2. The molecule has 1 aliphatic rings. The van der Waals surface area contributed by atoms with Gasteiger partial charge in [0, 0.05) is 30.3 Å². The molecule has 3 aromatic rings. The number of carbonyl (C=O) groups is 1. The number of ether oxygens (including phenoxy) is 2. The number of hydrogen-bond donors (Lipinski definition) is 2. The monoisotopic (exact) mass is 498 g/mol. The van der Waals surface area contributed by atoms with Gasteiger partial charge in [-0.05, 0) is 48.7 Å². The molecule has 0 radical (unpaired) electrons. The van der Waals surface area contributed by atoms with Gasteiger partial charge in [0.1, 0.15) is 10.7 Å². The molecule has 0 unspecified atom stereocenters. The third-order valence-electron chi connectivity index (χ3n) is 5.66. The standard InChI is InChI=1S/C24H26N4O6S/c1-33-19-13-16(10-11-22(29)30)14-20(23(19)34-2)35(31,32)27-18-8-6-7-17(15-18)24-26-25-21-9-4-3-5-12-28(21)24/h6-8,10-11,13-15,27H,3-5,9,12H2,1-2H3,(H,29,30)/b11-10+. The number of carboxylic acid groups (broad SMARTS) is 1. The van der Waals surface area contributed by atoms with E-state index in [1.54, 1.807) is 18.2 Å². The molecule has 1 aliphatic heterocycles. The van der Waals surface area contributed by atoms with Crippen LogP contribution >= 0.6 is 0 Å². The van der Waals surface area contributed by atoms with Gasteiger partial charge in [-0.15, -0.1) is 10.2 Å². The van der Waals surface area contributed by atoms with Gasteiger partial charge in [-0.1, -0.05) is 18.6 Å². The molecule has 0 amide bonds. The van der Waals surface area contributed by atoms with Crippen LogP contribution in [0.2, 0.25) is 0 Å². The Morgan fingerprint density at radius 2 is 1.94 bits per heavy atom. The molecule has 35 heavy (non-hydrogen) atoms. The van der Waals surface area contributed by atoms with Crippen molar-refractivity contribution in [3.63, 3.8) is 0 Å². The molecule has 0 fully saturated rings. The summed E-state index contributed by atoms with van der Waals surface area (Å²) in [6.07, 6.45) is 6.31. The zero-order valence-corrected chi connectivity index (χ0v) is 20.2. The van der Waals surface area contributed by atoms with Crippen molar-refractivity contribution in [3.8, 4) is 22.9 Å². The molecule has 2 N–H and O–H groups in total. The van der Waals surface area contributed by atoms with Crippen molar-refractivity contribution in [2.75, 3.05) is 18.9 Å². The van der Waals surface area contributed by atoms with Crippen molar-refractivity contribution < 1.29 is 27.8 Å². The SMILES string of the molecule is COc1cc(/C=C/C(=O)O)cc(S(=O)(=O)Nc2cccc(-c3nnc4n3CCCCC4)c2)c1OC. The number of anilines is 1. The fraction of sp³-hybridized carbons (Fsp3) is 0.292. The number of sulfonamides is 1. The van der Waals surface area contributed by atoms with Crippen molar-refractivity contribution in [2.45, 2.75) is 37.1 Å². The van der Waals surface area contributed by atoms with Crippen LogP contribution in [0.3, 0.4) is 0 Å². The molecule has 0 spiro atoms. The Labute approximate surface area is 203 Å². The molecule has 2 heterocycles. The van der Waals surface area contributed by atoms with E-state index in [9.17, 15) is 13.2 Å². The highest BCUT2D eigenvalue weighted by Crippen LogP contribution is 2.37. The van der Waals surface area contributed by atoms with Crippen LogP contribution in [0.4, 0.5) is 5.69 Å². The summed E-state index contributed by atoms with van der Waals surface area (Å²) in [5, 5.41) is 17.6. The van der Waals surface area contributed by atoms with Gasteiger partial charge in [-0.2, -0.15) is 0 Å². The predicted octanol–water partition coefficient (Wildman–Crippen LogP) is 3.59.